The second-order valence-electron chi connectivity index (χ2n) is 4.43. The van der Waals surface area contributed by atoms with Crippen LogP contribution < -0.4 is 0 Å². The van der Waals surface area contributed by atoms with Crippen molar-refractivity contribution < 1.29 is 4.48 Å². The lowest BCUT2D eigenvalue weighted by molar-refractivity contribution is -0.884. The molecular weight excluding hydrogens is 170 g/mol. The fraction of sp³-hybridized carbons (Fsp3) is 0.462. The van der Waals surface area contributed by atoms with E-state index in [1.165, 1.54) is 5.56 Å². The first-order valence-corrected chi connectivity index (χ1v) is 5.13. The van der Waals surface area contributed by atoms with Crippen LogP contribution in [-0.4, -0.2) is 25.6 Å². The summed E-state index contributed by atoms with van der Waals surface area (Å²) in [6.45, 7) is 6.60. The van der Waals surface area contributed by atoms with Gasteiger partial charge in [0, 0.05) is 5.56 Å². The highest BCUT2D eigenvalue weighted by Gasteiger charge is 2.06. The van der Waals surface area contributed by atoms with E-state index in [1.807, 2.05) is 6.92 Å². The number of hydrogen-bond donors (Lipinski definition) is 0. The molecule has 0 fully saturated rings. The van der Waals surface area contributed by atoms with Gasteiger partial charge in [-0.15, -0.1) is 0 Å². The van der Waals surface area contributed by atoms with Gasteiger partial charge in [-0.2, -0.15) is 0 Å². The second kappa shape index (κ2) is 6.61. The van der Waals surface area contributed by atoms with E-state index in [0.717, 1.165) is 17.4 Å². The Kier molecular flexibility index (Phi) is 6.22. The number of benzene rings is 1. The average molecular weight is 193 g/mol. The van der Waals surface area contributed by atoms with Gasteiger partial charge in [-0.1, -0.05) is 50.6 Å². The minimum absolute atomic E-state index is 0.990. The Hall–Kier alpha value is -0.820. The summed E-state index contributed by atoms with van der Waals surface area (Å²) in [7, 11) is 6.60. The van der Waals surface area contributed by atoms with E-state index in [0.29, 0.717) is 0 Å². The van der Waals surface area contributed by atoms with E-state index in [1.54, 1.807) is 0 Å². The van der Waals surface area contributed by atoms with E-state index in [-0.39, 0.29) is 0 Å². The van der Waals surface area contributed by atoms with Gasteiger partial charge in [-0.3, -0.25) is 0 Å². The maximum Gasteiger partial charge on any atom is 0.104 e. The molecule has 0 atom stereocenters. The minimum Gasteiger partial charge on any atom is -0.327 e. The Morgan fingerprint density at radius 1 is 1.07 bits per heavy atom. The zero-order chi connectivity index (χ0) is 11.0. The first-order chi connectivity index (χ1) is 6.49. The standard InChI is InChI=1S/C10H16N.C3H7/c1-11(2,3)9-10-7-5-4-6-8-10;1-3-2/h4-8H,9H2,1-3H3;1,3H2,2H3/q+1;. The second-order valence-corrected chi connectivity index (χ2v) is 4.43. The molecule has 0 unspecified atom stereocenters. The molecule has 0 aliphatic rings. The zero-order valence-electron chi connectivity index (χ0n) is 9.96. The number of rotatable bonds is 2. The van der Waals surface area contributed by atoms with Crippen molar-refractivity contribution in [1.29, 1.82) is 0 Å². The SMILES string of the molecule is C[N+](C)(C)Cc1ccccc1.[CH2]CC. The van der Waals surface area contributed by atoms with Crippen LogP contribution in [0.3, 0.4) is 0 Å². The summed E-state index contributed by atoms with van der Waals surface area (Å²) >= 11 is 0. The molecule has 0 aliphatic carbocycles. The molecule has 1 aromatic carbocycles. The van der Waals surface area contributed by atoms with Crippen molar-refractivity contribution >= 4 is 0 Å². The molecule has 0 amide bonds. The van der Waals surface area contributed by atoms with Crippen LogP contribution in [0.5, 0.6) is 0 Å². The first-order valence-electron chi connectivity index (χ1n) is 5.13. The Bertz CT molecular complexity index is 221. The fourth-order valence-corrected chi connectivity index (χ4v) is 1.13. The molecule has 0 heterocycles. The van der Waals surface area contributed by atoms with Gasteiger partial charge in [0.2, 0.25) is 0 Å². The summed E-state index contributed by atoms with van der Waals surface area (Å²) in [6, 6.07) is 10.6. The molecule has 14 heavy (non-hydrogen) atoms. The van der Waals surface area contributed by atoms with Crippen LogP contribution in [0.2, 0.25) is 0 Å². The van der Waals surface area contributed by atoms with Crippen molar-refractivity contribution in [3.63, 3.8) is 0 Å². The molecular formula is C13H23N+. The van der Waals surface area contributed by atoms with Crippen molar-refractivity contribution in [3.05, 3.63) is 42.8 Å². The Labute approximate surface area is 89.0 Å². The first kappa shape index (κ1) is 13.2. The van der Waals surface area contributed by atoms with Crippen LogP contribution in [0.1, 0.15) is 18.9 Å². The van der Waals surface area contributed by atoms with Gasteiger partial charge in [-0.05, 0) is 0 Å². The number of hydrogen-bond acceptors (Lipinski definition) is 0. The van der Waals surface area contributed by atoms with E-state index in [4.69, 9.17) is 0 Å². The lowest BCUT2D eigenvalue weighted by Gasteiger charge is -2.23. The van der Waals surface area contributed by atoms with Crippen molar-refractivity contribution in [2.75, 3.05) is 21.1 Å². The predicted molar refractivity (Wildman–Crippen MR) is 63.8 cm³/mol. The largest absolute Gasteiger partial charge is 0.327 e. The molecule has 0 aromatic heterocycles. The van der Waals surface area contributed by atoms with Crippen molar-refractivity contribution in [1.82, 2.24) is 0 Å². The highest BCUT2D eigenvalue weighted by atomic mass is 15.3. The lowest BCUT2D eigenvalue weighted by Crippen LogP contribution is -2.33. The van der Waals surface area contributed by atoms with Crippen LogP contribution >= 0.6 is 0 Å². The van der Waals surface area contributed by atoms with E-state index >= 15 is 0 Å². The van der Waals surface area contributed by atoms with Gasteiger partial charge in [0.15, 0.2) is 0 Å². The van der Waals surface area contributed by atoms with Crippen molar-refractivity contribution in [2.45, 2.75) is 19.9 Å². The highest BCUT2D eigenvalue weighted by molar-refractivity contribution is 5.13. The smallest absolute Gasteiger partial charge is 0.104 e. The van der Waals surface area contributed by atoms with Crippen LogP contribution in [0, 0.1) is 6.92 Å². The predicted octanol–water partition coefficient (Wildman–Crippen LogP) is 3.12. The van der Waals surface area contributed by atoms with Gasteiger partial charge in [0.1, 0.15) is 6.54 Å². The van der Waals surface area contributed by atoms with E-state index < -0.39 is 0 Å². The summed E-state index contributed by atoms with van der Waals surface area (Å²) < 4.78 is 0.990. The maximum atomic E-state index is 3.49. The van der Waals surface area contributed by atoms with E-state index in [9.17, 15) is 0 Å². The van der Waals surface area contributed by atoms with Crippen molar-refractivity contribution in [2.24, 2.45) is 0 Å². The molecule has 0 bridgehead atoms. The average Bonchev–Trinajstić information content (AvgIpc) is 2.04. The zero-order valence-corrected chi connectivity index (χ0v) is 9.96. The third-order valence-corrected chi connectivity index (χ3v) is 1.50. The fourth-order valence-electron chi connectivity index (χ4n) is 1.13. The summed E-state index contributed by atoms with van der Waals surface area (Å²) in [6.07, 6.45) is 1.00. The molecule has 0 saturated carbocycles. The van der Waals surface area contributed by atoms with Gasteiger partial charge in [0.05, 0.1) is 21.1 Å². The summed E-state index contributed by atoms with van der Waals surface area (Å²) in [5.41, 5.74) is 1.40. The maximum absolute atomic E-state index is 3.49. The Balaban J connectivity index is 0.000000500. The number of quaternary nitrogens is 1. The third-order valence-electron chi connectivity index (χ3n) is 1.50. The molecule has 1 heteroatoms. The van der Waals surface area contributed by atoms with Gasteiger partial charge in [-0.25, -0.2) is 0 Å². The van der Waals surface area contributed by atoms with E-state index in [2.05, 4.69) is 58.4 Å². The molecule has 0 aliphatic heterocycles. The van der Waals surface area contributed by atoms with Crippen LogP contribution in [0.15, 0.2) is 30.3 Å². The molecule has 0 N–H and O–H groups in total. The molecule has 1 rings (SSSR count). The van der Waals surface area contributed by atoms with Gasteiger partial charge < -0.3 is 4.48 Å². The van der Waals surface area contributed by atoms with Gasteiger partial charge >= 0.3 is 0 Å². The molecule has 1 aromatic rings. The summed E-state index contributed by atoms with van der Waals surface area (Å²) in [5.74, 6) is 0. The number of nitrogens with zero attached hydrogens (tertiary/aromatic N) is 1. The monoisotopic (exact) mass is 193 g/mol. The quantitative estimate of drug-likeness (QED) is 0.633. The normalized spacial score (nSPS) is 10.4. The van der Waals surface area contributed by atoms with Crippen molar-refractivity contribution in [3.8, 4) is 0 Å². The topological polar surface area (TPSA) is 0 Å². The van der Waals surface area contributed by atoms with Crippen LogP contribution in [-0.2, 0) is 6.54 Å². The molecule has 1 nitrogen and oxygen atoms in total. The Morgan fingerprint density at radius 3 is 1.86 bits per heavy atom. The van der Waals surface area contributed by atoms with Crippen LogP contribution in [0.4, 0.5) is 0 Å². The highest BCUT2D eigenvalue weighted by Crippen LogP contribution is 2.05. The summed E-state index contributed by atoms with van der Waals surface area (Å²) in [5, 5.41) is 0. The lowest BCUT2D eigenvalue weighted by atomic mass is 10.2. The molecule has 79 valence electrons. The van der Waals surface area contributed by atoms with Crippen LogP contribution in [0.25, 0.3) is 0 Å². The third kappa shape index (κ3) is 7.81. The van der Waals surface area contributed by atoms with Gasteiger partial charge in [0.25, 0.3) is 0 Å². The Morgan fingerprint density at radius 2 is 1.50 bits per heavy atom. The minimum atomic E-state index is 0.990. The molecule has 0 spiro atoms. The molecule has 0 saturated heterocycles. The molecule has 1 radical (unpaired) electrons. The summed E-state index contributed by atoms with van der Waals surface area (Å²) in [4.78, 5) is 0.